The van der Waals surface area contributed by atoms with Crippen LogP contribution in [-0.2, 0) is 6.54 Å². The van der Waals surface area contributed by atoms with E-state index in [9.17, 15) is 4.79 Å². The molecule has 0 saturated carbocycles. The first-order valence-corrected chi connectivity index (χ1v) is 9.66. The van der Waals surface area contributed by atoms with Crippen molar-refractivity contribution in [3.05, 3.63) is 53.9 Å². The van der Waals surface area contributed by atoms with Gasteiger partial charge in [0, 0.05) is 29.6 Å². The molecule has 0 unspecified atom stereocenters. The second-order valence-corrected chi connectivity index (χ2v) is 7.11. The number of hydrogen-bond donors (Lipinski definition) is 3. The highest BCUT2D eigenvalue weighted by Crippen LogP contribution is 2.19. The van der Waals surface area contributed by atoms with E-state index in [0.717, 1.165) is 44.6 Å². The molecule has 8 heteroatoms. The van der Waals surface area contributed by atoms with Crippen LogP contribution in [0.3, 0.4) is 0 Å². The van der Waals surface area contributed by atoms with Gasteiger partial charge in [-0.2, -0.15) is 5.10 Å². The molecule has 0 fully saturated rings. The molecule has 7 nitrogen and oxygen atoms in total. The summed E-state index contributed by atoms with van der Waals surface area (Å²) in [6, 6.07) is 16.1. The van der Waals surface area contributed by atoms with Crippen molar-refractivity contribution in [3.8, 4) is 0 Å². The number of aliphatic imine (C=N–C) groups is 1. The van der Waals surface area contributed by atoms with Crippen LogP contribution in [0.5, 0.6) is 0 Å². The van der Waals surface area contributed by atoms with Crippen LogP contribution in [0.25, 0.3) is 21.8 Å². The molecule has 1 aliphatic heterocycles. The largest absolute Gasteiger partial charge is 0.465 e. The minimum absolute atomic E-state index is 0.330. The van der Waals surface area contributed by atoms with Gasteiger partial charge in [0.2, 0.25) is 0 Å². The van der Waals surface area contributed by atoms with Crippen molar-refractivity contribution in [2.45, 2.75) is 6.54 Å². The molecule has 2 heterocycles. The summed E-state index contributed by atoms with van der Waals surface area (Å²) >= 11 is 1.67. The SMILES string of the molecule is O=C(O)NCCn1c2ccccc2c(=NNC2=NCCS2)c2ccccc21. The third-order valence-electron chi connectivity index (χ3n) is 4.36. The molecule has 1 amide bonds. The van der Waals surface area contributed by atoms with Gasteiger partial charge < -0.3 is 15.0 Å². The number of thioether (sulfide) groups is 1. The molecule has 138 valence electrons. The third-order valence-corrected chi connectivity index (χ3v) is 5.24. The Morgan fingerprint density at radius 1 is 1.15 bits per heavy atom. The summed E-state index contributed by atoms with van der Waals surface area (Å²) in [5.41, 5.74) is 5.11. The second-order valence-electron chi connectivity index (χ2n) is 6.03. The lowest BCUT2D eigenvalue weighted by atomic mass is 10.1. The maximum atomic E-state index is 10.8. The van der Waals surface area contributed by atoms with E-state index in [1.807, 2.05) is 48.5 Å². The van der Waals surface area contributed by atoms with Gasteiger partial charge in [-0.1, -0.05) is 48.2 Å². The molecule has 4 rings (SSSR count). The minimum atomic E-state index is -1.02. The van der Waals surface area contributed by atoms with Crippen molar-refractivity contribution < 1.29 is 9.90 Å². The van der Waals surface area contributed by atoms with Crippen molar-refractivity contribution in [2.75, 3.05) is 18.8 Å². The summed E-state index contributed by atoms with van der Waals surface area (Å²) in [5, 5.41) is 19.7. The fraction of sp³-hybridized carbons (Fsp3) is 0.211. The van der Waals surface area contributed by atoms with Crippen LogP contribution in [0.15, 0.2) is 58.6 Å². The van der Waals surface area contributed by atoms with Crippen molar-refractivity contribution in [1.29, 1.82) is 0 Å². The fourth-order valence-corrected chi connectivity index (χ4v) is 3.90. The number of rotatable bonds is 4. The lowest BCUT2D eigenvalue weighted by molar-refractivity contribution is 0.194. The third kappa shape index (κ3) is 3.61. The molecule has 0 atom stereocenters. The van der Waals surface area contributed by atoms with E-state index in [2.05, 4.69) is 25.4 Å². The van der Waals surface area contributed by atoms with Crippen LogP contribution in [0, 0.1) is 0 Å². The van der Waals surface area contributed by atoms with E-state index in [4.69, 9.17) is 5.11 Å². The molecule has 0 radical (unpaired) electrons. The highest BCUT2D eigenvalue weighted by Gasteiger charge is 2.10. The molecule has 1 aliphatic rings. The smallest absolute Gasteiger partial charge is 0.404 e. The Labute approximate surface area is 159 Å². The van der Waals surface area contributed by atoms with Gasteiger partial charge in [0.05, 0.1) is 17.6 Å². The van der Waals surface area contributed by atoms with Crippen molar-refractivity contribution in [1.82, 2.24) is 15.3 Å². The van der Waals surface area contributed by atoms with E-state index in [1.165, 1.54) is 0 Å². The first kappa shape index (κ1) is 17.4. The molecule has 27 heavy (non-hydrogen) atoms. The number of fused-ring (bicyclic) bond motifs is 2. The van der Waals surface area contributed by atoms with Gasteiger partial charge in [-0.15, -0.1) is 0 Å². The standard InChI is InChI=1S/C19H19N5O2S/c25-19(26)21-9-11-24-15-7-3-1-5-13(15)17(14-6-2-4-8-16(14)24)22-23-18-20-10-12-27-18/h1-8,21H,9-12H2,(H,20,23)(H,25,26). The van der Waals surface area contributed by atoms with E-state index >= 15 is 0 Å². The van der Waals surface area contributed by atoms with Gasteiger partial charge in [0.1, 0.15) is 5.36 Å². The molecule has 0 bridgehead atoms. The van der Waals surface area contributed by atoms with Crippen LogP contribution in [0.2, 0.25) is 0 Å². The molecule has 0 aliphatic carbocycles. The maximum Gasteiger partial charge on any atom is 0.404 e. The second kappa shape index (κ2) is 7.71. The summed E-state index contributed by atoms with van der Waals surface area (Å²) < 4.78 is 2.13. The zero-order valence-corrected chi connectivity index (χ0v) is 15.4. The Hall–Kier alpha value is -3.00. The predicted molar refractivity (Wildman–Crippen MR) is 109 cm³/mol. The summed E-state index contributed by atoms with van der Waals surface area (Å²) in [4.78, 5) is 15.2. The number of para-hydroxylation sites is 2. The lowest BCUT2D eigenvalue weighted by Crippen LogP contribution is -2.26. The van der Waals surface area contributed by atoms with Crippen LogP contribution in [0.1, 0.15) is 0 Å². The number of amidine groups is 1. The van der Waals surface area contributed by atoms with E-state index < -0.39 is 6.09 Å². The maximum absolute atomic E-state index is 10.8. The summed E-state index contributed by atoms with van der Waals surface area (Å²) in [6.07, 6.45) is -1.02. The number of carbonyl (C=O) groups is 1. The van der Waals surface area contributed by atoms with Crippen LogP contribution >= 0.6 is 11.8 Å². The normalized spacial score (nSPS) is 13.6. The fourth-order valence-electron chi connectivity index (χ4n) is 3.24. The van der Waals surface area contributed by atoms with E-state index in [0.29, 0.717) is 13.1 Å². The summed E-state index contributed by atoms with van der Waals surface area (Å²) in [7, 11) is 0. The van der Waals surface area contributed by atoms with Crippen LogP contribution < -0.4 is 16.1 Å². The number of benzene rings is 2. The Kier molecular flexibility index (Phi) is 4.97. The Morgan fingerprint density at radius 3 is 2.41 bits per heavy atom. The lowest BCUT2D eigenvalue weighted by Gasteiger charge is -2.16. The molecule has 3 N–H and O–H groups in total. The van der Waals surface area contributed by atoms with Crippen LogP contribution in [0.4, 0.5) is 4.79 Å². The summed E-state index contributed by atoms with van der Waals surface area (Å²) in [6.45, 7) is 1.68. The highest BCUT2D eigenvalue weighted by molar-refractivity contribution is 8.14. The average molecular weight is 381 g/mol. The monoisotopic (exact) mass is 381 g/mol. The van der Waals surface area contributed by atoms with E-state index in [-0.39, 0.29) is 0 Å². The van der Waals surface area contributed by atoms with Crippen molar-refractivity contribution in [3.63, 3.8) is 0 Å². The molecular formula is C19H19N5O2S. The Morgan fingerprint density at radius 2 is 1.81 bits per heavy atom. The minimum Gasteiger partial charge on any atom is -0.465 e. The predicted octanol–water partition coefficient (Wildman–Crippen LogP) is 2.57. The molecular weight excluding hydrogens is 362 g/mol. The molecule has 2 aromatic carbocycles. The zero-order chi connectivity index (χ0) is 18.6. The number of pyridine rings is 1. The topological polar surface area (TPSA) is 91.0 Å². The van der Waals surface area contributed by atoms with Gasteiger partial charge in [-0.3, -0.25) is 10.4 Å². The molecule has 0 saturated heterocycles. The number of aromatic nitrogens is 1. The molecule has 3 aromatic rings. The number of carboxylic acid groups (broad SMARTS) is 1. The van der Waals surface area contributed by atoms with Crippen molar-refractivity contribution in [2.24, 2.45) is 10.1 Å². The Bertz CT molecular complexity index is 1050. The Balaban J connectivity index is 1.89. The van der Waals surface area contributed by atoms with Crippen LogP contribution in [-0.4, -0.2) is 39.8 Å². The van der Waals surface area contributed by atoms with Gasteiger partial charge in [-0.25, -0.2) is 4.79 Å². The van der Waals surface area contributed by atoms with Gasteiger partial charge >= 0.3 is 6.09 Å². The average Bonchev–Trinajstić information content (AvgIpc) is 3.20. The molecule has 1 aromatic heterocycles. The van der Waals surface area contributed by atoms with Gasteiger partial charge in [0.15, 0.2) is 5.17 Å². The number of hydrogen-bond acceptors (Lipinski definition) is 5. The first-order valence-electron chi connectivity index (χ1n) is 8.68. The highest BCUT2D eigenvalue weighted by atomic mass is 32.2. The van der Waals surface area contributed by atoms with Crippen molar-refractivity contribution >= 4 is 44.8 Å². The van der Waals surface area contributed by atoms with Gasteiger partial charge in [0.25, 0.3) is 0 Å². The van der Waals surface area contributed by atoms with Gasteiger partial charge in [-0.05, 0) is 12.1 Å². The first-order chi connectivity index (χ1) is 13.2. The van der Waals surface area contributed by atoms with E-state index in [1.54, 1.807) is 11.8 Å². The summed E-state index contributed by atoms with van der Waals surface area (Å²) in [5.74, 6) is 0.977. The zero-order valence-electron chi connectivity index (χ0n) is 14.6. The molecule has 0 spiro atoms. The number of amides is 1. The quantitative estimate of drug-likeness (QED) is 0.478. The number of nitrogens with zero attached hydrogens (tertiary/aromatic N) is 3. The number of nitrogens with one attached hydrogen (secondary N) is 2.